The molecule has 1 aliphatic heterocycles. The van der Waals surface area contributed by atoms with Crippen molar-refractivity contribution in [1.82, 2.24) is 20.7 Å². The van der Waals surface area contributed by atoms with Gasteiger partial charge in [0.2, 0.25) is 5.91 Å². The van der Waals surface area contributed by atoms with Crippen LogP contribution in [0.15, 0.2) is 24.3 Å². The summed E-state index contributed by atoms with van der Waals surface area (Å²) in [5, 5.41) is 0. The molecule has 1 saturated heterocycles. The van der Waals surface area contributed by atoms with Crippen molar-refractivity contribution in [2.45, 2.75) is 20.3 Å². The number of carbonyl (C=O) groups excluding carboxylic acids is 3. The minimum Gasteiger partial charge on any atom is -0.336 e. The Bertz CT molecular complexity index is 592. The maximum absolute atomic E-state index is 12.5. The highest BCUT2D eigenvalue weighted by molar-refractivity contribution is 5.94. The summed E-state index contributed by atoms with van der Waals surface area (Å²) < 4.78 is 0. The topological polar surface area (TPSA) is 81.8 Å². The van der Waals surface area contributed by atoms with Crippen LogP contribution < -0.4 is 10.9 Å². The summed E-state index contributed by atoms with van der Waals surface area (Å²) in [5.74, 6) is -0.548. The molecular formula is C17H24N4O3. The molecule has 0 saturated carbocycles. The largest absolute Gasteiger partial charge is 0.336 e. The van der Waals surface area contributed by atoms with Crippen molar-refractivity contribution in [2.24, 2.45) is 0 Å². The maximum atomic E-state index is 12.5. The van der Waals surface area contributed by atoms with Gasteiger partial charge in [-0.1, -0.05) is 19.1 Å². The zero-order valence-electron chi connectivity index (χ0n) is 14.2. The van der Waals surface area contributed by atoms with E-state index in [1.807, 2.05) is 34.1 Å². The summed E-state index contributed by atoms with van der Waals surface area (Å²) in [4.78, 5) is 38.7. The molecule has 0 atom stereocenters. The van der Waals surface area contributed by atoms with Gasteiger partial charge < -0.3 is 4.90 Å². The molecule has 0 spiro atoms. The van der Waals surface area contributed by atoms with Gasteiger partial charge in [-0.2, -0.15) is 0 Å². The van der Waals surface area contributed by atoms with Gasteiger partial charge in [0.05, 0.1) is 6.54 Å². The highest BCUT2D eigenvalue weighted by Crippen LogP contribution is 2.10. The Morgan fingerprint density at radius 3 is 2.17 bits per heavy atom. The first-order valence-electron chi connectivity index (χ1n) is 8.15. The van der Waals surface area contributed by atoms with E-state index in [2.05, 4.69) is 17.8 Å². The van der Waals surface area contributed by atoms with Gasteiger partial charge >= 0.3 is 0 Å². The molecule has 130 valence electrons. The molecule has 1 aromatic rings. The second-order valence-electron chi connectivity index (χ2n) is 5.85. The van der Waals surface area contributed by atoms with Crippen LogP contribution in [0.25, 0.3) is 0 Å². The molecule has 0 radical (unpaired) electrons. The molecule has 24 heavy (non-hydrogen) atoms. The molecule has 2 rings (SSSR count). The number of piperazine rings is 1. The van der Waals surface area contributed by atoms with Gasteiger partial charge in [-0.15, -0.1) is 0 Å². The molecule has 7 nitrogen and oxygen atoms in total. The Kier molecular flexibility index (Phi) is 6.31. The van der Waals surface area contributed by atoms with Crippen LogP contribution in [0, 0.1) is 0 Å². The smallest absolute Gasteiger partial charge is 0.253 e. The average molecular weight is 332 g/mol. The van der Waals surface area contributed by atoms with Crippen LogP contribution >= 0.6 is 0 Å². The van der Waals surface area contributed by atoms with E-state index in [4.69, 9.17) is 0 Å². The van der Waals surface area contributed by atoms with Gasteiger partial charge in [0.1, 0.15) is 0 Å². The number of hydrogen-bond acceptors (Lipinski definition) is 4. The van der Waals surface area contributed by atoms with E-state index in [-0.39, 0.29) is 24.3 Å². The lowest BCUT2D eigenvalue weighted by molar-refractivity contribution is -0.128. The van der Waals surface area contributed by atoms with Crippen LogP contribution in [0.2, 0.25) is 0 Å². The van der Waals surface area contributed by atoms with E-state index in [1.165, 1.54) is 12.5 Å². The summed E-state index contributed by atoms with van der Waals surface area (Å²) in [6.45, 7) is 6.05. The summed E-state index contributed by atoms with van der Waals surface area (Å²) >= 11 is 0. The lowest BCUT2D eigenvalue weighted by Gasteiger charge is -2.34. The molecule has 0 aliphatic carbocycles. The monoisotopic (exact) mass is 332 g/mol. The fraction of sp³-hybridized carbons (Fsp3) is 0.471. The predicted octanol–water partition coefficient (Wildman–Crippen LogP) is 0.174. The lowest BCUT2D eigenvalue weighted by atomic mass is 10.1. The van der Waals surface area contributed by atoms with Gasteiger partial charge in [0.25, 0.3) is 11.8 Å². The number of benzene rings is 1. The number of nitrogens with one attached hydrogen (secondary N) is 2. The Hall–Kier alpha value is -2.41. The minimum atomic E-state index is -0.312. The van der Waals surface area contributed by atoms with E-state index in [0.29, 0.717) is 31.7 Å². The molecule has 0 aromatic heterocycles. The van der Waals surface area contributed by atoms with Gasteiger partial charge in [-0.05, 0) is 24.1 Å². The number of hydrogen-bond donors (Lipinski definition) is 2. The predicted molar refractivity (Wildman–Crippen MR) is 90.1 cm³/mol. The van der Waals surface area contributed by atoms with Crippen LogP contribution in [-0.2, 0) is 16.0 Å². The maximum Gasteiger partial charge on any atom is 0.253 e. The Labute approximate surface area is 142 Å². The van der Waals surface area contributed by atoms with Crippen LogP contribution in [0.5, 0.6) is 0 Å². The van der Waals surface area contributed by atoms with E-state index in [9.17, 15) is 14.4 Å². The van der Waals surface area contributed by atoms with Crippen molar-refractivity contribution in [3.05, 3.63) is 35.4 Å². The number of amides is 3. The molecule has 3 amide bonds. The normalized spacial score (nSPS) is 15.0. The van der Waals surface area contributed by atoms with Crippen LogP contribution in [0.3, 0.4) is 0 Å². The molecule has 1 aromatic carbocycles. The van der Waals surface area contributed by atoms with Crippen molar-refractivity contribution in [2.75, 3.05) is 32.7 Å². The van der Waals surface area contributed by atoms with E-state index in [0.717, 1.165) is 6.42 Å². The molecular weight excluding hydrogens is 308 g/mol. The number of carbonyl (C=O) groups is 3. The molecule has 7 heteroatoms. The molecule has 1 aliphatic rings. The molecule has 0 bridgehead atoms. The summed E-state index contributed by atoms with van der Waals surface area (Å²) in [6.07, 6.45) is 0.952. The van der Waals surface area contributed by atoms with Crippen LogP contribution in [0.1, 0.15) is 29.8 Å². The Morgan fingerprint density at radius 1 is 1.00 bits per heavy atom. The highest BCUT2D eigenvalue weighted by atomic mass is 16.2. The third kappa shape index (κ3) is 5.06. The standard InChI is InChI=1S/C17H24N4O3/c1-3-14-4-6-15(7-5-14)17(24)21-10-8-20(9-11-21)12-16(23)19-18-13(2)22/h4-7H,3,8-12H2,1-2H3,(H,18,22)(H,19,23). The molecule has 1 fully saturated rings. The van der Waals surface area contributed by atoms with Gasteiger partial charge in [-0.3, -0.25) is 30.1 Å². The third-order valence-corrected chi connectivity index (χ3v) is 4.01. The van der Waals surface area contributed by atoms with Crippen molar-refractivity contribution < 1.29 is 14.4 Å². The highest BCUT2D eigenvalue weighted by Gasteiger charge is 2.23. The molecule has 2 N–H and O–H groups in total. The fourth-order valence-electron chi connectivity index (χ4n) is 2.58. The van der Waals surface area contributed by atoms with Crippen molar-refractivity contribution in [3.8, 4) is 0 Å². The van der Waals surface area contributed by atoms with E-state index < -0.39 is 0 Å². The van der Waals surface area contributed by atoms with Crippen molar-refractivity contribution in [1.29, 1.82) is 0 Å². The van der Waals surface area contributed by atoms with Crippen LogP contribution in [0.4, 0.5) is 0 Å². The molecule has 1 heterocycles. The van der Waals surface area contributed by atoms with Crippen molar-refractivity contribution >= 4 is 17.7 Å². The summed E-state index contributed by atoms with van der Waals surface area (Å²) in [7, 11) is 0. The first kappa shape index (κ1) is 17.9. The third-order valence-electron chi connectivity index (χ3n) is 4.01. The van der Waals surface area contributed by atoms with Gasteiger partial charge in [0, 0.05) is 38.7 Å². The molecule has 0 unspecified atom stereocenters. The number of rotatable bonds is 4. The first-order chi connectivity index (χ1) is 11.5. The number of nitrogens with zero attached hydrogens (tertiary/aromatic N) is 2. The SMILES string of the molecule is CCc1ccc(C(=O)N2CCN(CC(=O)NNC(C)=O)CC2)cc1. The summed E-state index contributed by atoms with van der Waals surface area (Å²) in [6, 6.07) is 7.70. The number of aryl methyl sites for hydroxylation is 1. The second kappa shape index (κ2) is 8.44. The Balaban J connectivity index is 1.80. The zero-order chi connectivity index (χ0) is 17.5. The summed E-state index contributed by atoms with van der Waals surface area (Å²) in [5.41, 5.74) is 6.51. The van der Waals surface area contributed by atoms with Crippen molar-refractivity contribution in [3.63, 3.8) is 0 Å². The quantitative estimate of drug-likeness (QED) is 0.771. The lowest BCUT2D eigenvalue weighted by Crippen LogP contribution is -2.52. The Morgan fingerprint density at radius 2 is 1.62 bits per heavy atom. The van der Waals surface area contributed by atoms with Gasteiger partial charge in [0.15, 0.2) is 0 Å². The van der Waals surface area contributed by atoms with Crippen LogP contribution in [-0.4, -0.2) is 60.2 Å². The fourth-order valence-corrected chi connectivity index (χ4v) is 2.58. The number of hydrazine groups is 1. The van der Waals surface area contributed by atoms with E-state index in [1.54, 1.807) is 0 Å². The average Bonchev–Trinajstić information content (AvgIpc) is 2.60. The zero-order valence-corrected chi connectivity index (χ0v) is 14.2. The first-order valence-corrected chi connectivity index (χ1v) is 8.15. The second-order valence-corrected chi connectivity index (χ2v) is 5.85. The van der Waals surface area contributed by atoms with E-state index >= 15 is 0 Å². The minimum absolute atomic E-state index is 0.0278. The van der Waals surface area contributed by atoms with Gasteiger partial charge in [-0.25, -0.2) is 0 Å².